The molecule has 0 amide bonds. The lowest BCUT2D eigenvalue weighted by Crippen LogP contribution is -2.68. The Labute approximate surface area is 130 Å². The third kappa shape index (κ3) is 8.64. The lowest BCUT2D eigenvalue weighted by molar-refractivity contribution is -0.362. The summed E-state index contributed by atoms with van der Waals surface area (Å²) in [5.74, 6) is -3.86. The van der Waals surface area contributed by atoms with Crippen LogP contribution in [0.1, 0.15) is 58.4 Å². The molecule has 0 aromatic carbocycles. The van der Waals surface area contributed by atoms with Crippen LogP contribution in [0.2, 0.25) is 0 Å². The molecule has 2 unspecified atom stereocenters. The van der Waals surface area contributed by atoms with Crippen molar-refractivity contribution in [1.29, 1.82) is 0 Å². The number of aliphatic hydroxyl groups is 1. The van der Waals surface area contributed by atoms with Crippen LogP contribution >= 0.6 is 0 Å². The minimum absolute atomic E-state index is 0. The molecule has 21 heavy (non-hydrogen) atoms. The Morgan fingerprint density at radius 1 is 0.952 bits per heavy atom. The van der Waals surface area contributed by atoms with Crippen LogP contribution in [0.3, 0.4) is 0 Å². The fraction of sp³-hybridized carbons (Fsp3) is 0.857. The molecule has 0 spiro atoms. The zero-order chi connectivity index (χ0) is 12.3. The molecular weight excluding hydrogens is 280 g/mol. The Morgan fingerprint density at radius 2 is 1.29 bits per heavy atom. The van der Waals surface area contributed by atoms with Gasteiger partial charge in [-0.2, -0.15) is 0 Å². The van der Waals surface area contributed by atoms with Crippen LogP contribution in [0, 0.1) is 0 Å². The monoisotopic (exact) mass is 316 g/mol. The minimum atomic E-state index is -2.73. The van der Waals surface area contributed by atoms with Gasteiger partial charge in [0.1, 0.15) is 18.0 Å². The van der Waals surface area contributed by atoms with Crippen LogP contribution < -0.4 is 10.2 Å². The van der Waals surface area contributed by atoms with E-state index in [4.69, 9.17) is 0 Å². The van der Waals surface area contributed by atoms with E-state index in [1.165, 1.54) is 7.11 Å². The maximum Gasteiger partial charge on any atom is 0.147 e. The first-order valence-corrected chi connectivity index (χ1v) is 3.98. The third-order valence-electron chi connectivity index (χ3n) is 2.18. The molecule has 2 atom stereocenters. The van der Waals surface area contributed by atoms with Crippen molar-refractivity contribution < 1.29 is 34.4 Å². The van der Waals surface area contributed by atoms with E-state index in [0.29, 0.717) is 0 Å². The average molecular weight is 316 g/mol. The Balaban J connectivity index is -0.0000000653. The molecule has 0 heterocycles. The van der Waals surface area contributed by atoms with E-state index in [-0.39, 0.29) is 44.6 Å². The minimum Gasteiger partial charge on any atom is -0.547 e. The largest absolute Gasteiger partial charge is 0.547 e. The number of aliphatic carboxylic acids is 2. The van der Waals surface area contributed by atoms with Crippen molar-refractivity contribution in [3.63, 3.8) is 0 Å². The number of hydrogen-bond donors (Lipinski definition) is 1. The number of carboxylic acid groups (broad SMARTS) is 2. The molecule has 136 valence electrons. The number of hydrogen-bond acceptors (Lipinski definition) is 7. The molecule has 7 nitrogen and oxygen atoms in total. The van der Waals surface area contributed by atoms with E-state index >= 15 is 0 Å². The molecule has 0 radical (unpaired) electrons. The summed E-state index contributed by atoms with van der Waals surface area (Å²) in [4.78, 5) is 21.3. The maximum absolute atomic E-state index is 10.7. The van der Waals surface area contributed by atoms with Crippen LogP contribution in [0.4, 0.5) is 0 Å². The Kier molecular flexibility index (Phi) is 30.9. The zero-order valence-corrected chi connectivity index (χ0v) is 8.60. The van der Waals surface area contributed by atoms with E-state index in [1.54, 1.807) is 0 Å². The molecule has 0 aliphatic rings. The molecule has 0 bridgehead atoms. The molecule has 7 heteroatoms. The smallest absolute Gasteiger partial charge is 0.147 e. The molecule has 0 aliphatic carbocycles. The quantitative estimate of drug-likeness (QED) is 0.706. The lowest BCUT2D eigenvalue weighted by atomic mass is 9.86. The van der Waals surface area contributed by atoms with Gasteiger partial charge in [0, 0.05) is 7.11 Å². The first-order chi connectivity index (χ1) is 6.70. The molecule has 0 rings (SSSR count). The van der Waals surface area contributed by atoms with Crippen LogP contribution in [-0.2, 0) is 19.1 Å². The maximum atomic E-state index is 10.7. The predicted octanol–water partition coefficient (Wildman–Crippen LogP) is 0.433. The van der Waals surface area contributed by atoms with Gasteiger partial charge in [-0.1, -0.05) is 44.6 Å². The summed E-state index contributed by atoms with van der Waals surface area (Å²) in [7, 11) is 1.21. The average Bonchev–Trinajstić information content (AvgIpc) is 2.13. The second-order valence-electron chi connectivity index (χ2n) is 3.23. The van der Waals surface area contributed by atoms with Gasteiger partial charge in [-0.15, -0.1) is 0 Å². The SMILES string of the molecule is C.C.C.C.C.C.COCOC(C)(C(=O)[O-])C(C)(O)C(=O)[O-]. The summed E-state index contributed by atoms with van der Waals surface area (Å²) in [6, 6.07) is 0. The highest BCUT2D eigenvalue weighted by Gasteiger charge is 2.47. The van der Waals surface area contributed by atoms with Crippen molar-refractivity contribution in [2.75, 3.05) is 13.9 Å². The Morgan fingerprint density at radius 3 is 1.48 bits per heavy atom. The Bertz CT molecular complexity index is 264. The van der Waals surface area contributed by atoms with Crippen LogP contribution in [0.25, 0.3) is 0 Å². The normalized spacial score (nSPS) is 13.5. The predicted molar refractivity (Wildman–Crippen MR) is 82.4 cm³/mol. The highest BCUT2D eigenvalue weighted by Crippen LogP contribution is 2.25. The third-order valence-corrected chi connectivity index (χ3v) is 2.18. The number of methoxy groups -OCH3 is 1. The van der Waals surface area contributed by atoms with Gasteiger partial charge in [-0.05, 0) is 13.8 Å². The number of ether oxygens (including phenoxy) is 2. The number of rotatable bonds is 6. The van der Waals surface area contributed by atoms with Gasteiger partial charge in [0.25, 0.3) is 0 Å². The van der Waals surface area contributed by atoms with Crippen molar-refractivity contribution in [3.8, 4) is 0 Å². The van der Waals surface area contributed by atoms with Crippen LogP contribution in [0.15, 0.2) is 0 Å². The highest BCUT2D eigenvalue weighted by molar-refractivity contribution is 5.88. The van der Waals surface area contributed by atoms with Gasteiger partial charge in [0.2, 0.25) is 0 Å². The van der Waals surface area contributed by atoms with Gasteiger partial charge >= 0.3 is 0 Å². The van der Waals surface area contributed by atoms with Crippen molar-refractivity contribution in [1.82, 2.24) is 0 Å². The van der Waals surface area contributed by atoms with Crippen molar-refractivity contribution >= 4 is 11.9 Å². The van der Waals surface area contributed by atoms with Crippen LogP contribution in [-0.4, -0.2) is 42.1 Å². The van der Waals surface area contributed by atoms with Crippen molar-refractivity contribution in [2.45, 2.75) is 69.6 Å². The number of carboxylic acids is 2. The van der Waals surface area contributed by atoms with Gasteiger partial charge in [-0.25, -0.2) is 0 Å². The van der Waals surface area contributed by atoms with E-state index in [9.17, 15) is 24.9 Å². The van der Waals surface area contributed by atoms with E-state index in [2.05, 4.69) is 9.47 Å². The van der Waals surface area contributed by atoms with E-state index < -0.39 is 29.9 Å². The summed E-state index contributed by atoms with van der Waals surface area (Å²) in [6.07, 6.45) is 0. The van der Waals surface area contributed by atoms with Gasteiger partial charge in [-0.3, -0.25) is 0 Å². The topological polar surface area (TPSA) is 119 Å². The van der Waals surface area contributed by atoms with Gasteiger partial charge in [0.15, 0.2) is 0 Å². The number of carbonyl (C=O) groups is 2. The summed E-state index contributed by atoms with van der Waals surface area (Å²) in [5, 5.41) is 30.7. The molecule has 0 aromatic heterocycles. The molecule has 0 aliphatic heterocycles. The van der Waals surface area contributed by atoms with Crippen molar-refractivity contribution in [3.05, 3.63) is 0 Å². The van der Waals surface area contributed by atoms with Gasteiger partial charge in [0.05, 0.1) is 11.9 Å². The Hall–Kier alpha value is -1.18. The molecule has 0 saturated carbocycles. The lowest BCUT2D eigenvalue weighted by Gasteiger charge is -2.43. The zero-order valence-electron chi connectivity index (χ0n) is 8.60. The molecular formula is C14H36O7-2. The summed E-state index contributed by atoms with van der Waals surface area (Å²) in [5.41, 5.74) is -5.19. The fourth-order valence-corrected chi connectivity index (χ4v) is 0.770. The number of carbonyl (C=O) groups excluding carboxylic acids is 2. The summed E-state index contributed by atoms with van der Waals surface area (Å²) >= 11 is 0. The molecule has 0 fully saturated rings. The highest BCUT2D eigenvalue weighted by atomic mass is 16.7. The van der Waals surface area contributed by atoms with Crippen molar-refractivity contribution in [2.24, 2.45) is 0 Å². The van der Waals surface area contributed by atoms with Gasteiger partial charge < -0.3 is 34.4 Å². The summed E-state index contributed by atoms with van der Waals surface area (Å²) < 4.78 is 9.04. The molecule has 0 aromatic rings. The molecule has 0 saturated heterocycles. The van der Waals surface area contributed by atoms with E-state index in [0.717, 1.165) is 13.8 Å². The standard InChI is InChI=1S/C8H14O7.6CH4/c1-7(13,5(9)10)8(2,6(11)12)15-4-14-3;;;;;;/h13H,4H2,1-3H3,(H,9,10)(H,11,12);6*1H4/p-2. The second-order valence-corrected chi connectivity index (χ2v) is 3.23. The summed E-state index contributed by atoms with van der Waals surface area (Å²) in [6.45, 7) is 1.10. The van der Waals surface area contributed by atoms with Crippen LogP contribution in [0.5, 0.6) is 0 Å². The van der Waals surface area contributed by atoms with E-state index in [1.807, 2.05) is 0 Å². The second kappa shape index (κ2) is 15.2. The molecule has 1 N–H and O–H groups in total. The first kappa shape index (κ1) is 42.7. The first-order valence-electron chi connectivity index (χ1n) is 3.98. The fourth-order valence-electron chi connectivity index (χ4n) is 0.770.